The molecular formula is C19H18ClN3O. The van der Waals surface area contributed by atoms with Crippen molar-refractivity contribution in [3.8, 4) is 0 Å². The Hall–Kier alpha value is -2.33. The Balaban J connectivity index is 1.78. The van der Waals surface area contributed by atoms with E-state index in [1.54, 1.807) is 4.90 Å². The predicted molar refractivity (Wildman–Crippen MR) is 95.3 cm³/mol. The zero-order valence-corrected chi connectivity index (χ0v) is 14.2. The maximum atomic E-state index is 12.0. The largest absolute Gasteiger partial charge is 0.345 e. The molecule has 4 rings (SSSR count). The van der Waals surface area contributed by atoms with Gasteiger partial charge >= 0.3 is 0 Å². The first-order chi connectivity index (χ1) is 11.6. The molecule has 2 heterocycles. The highest BCUT2D eigenvalue weighted by Crippen LogP contribution is 2.30. The van der Waals surface area contributed by atoms with Gasteiger partial charge in [-0.1, -0.05) is 35.9 Å². The van der Waals surface area contributed by atoms with E-state index in [0.29, 0.717) is 6.42 Å². The number of para-hydroxylation sites is 2. The van der Waals surface area contributed by atoms with Gasteiger partial charge in [0.2, 0.25) is 5.91 Å². The van der Waals surface area contributed by atoms with Gasteiger partial charge in [-0.15, -0.1) is 0 Å². The molecule has 122 valence electrons. The van der Waals surface area contributed by atoms with Crippen molar-refractivity contribution in [3.63, 3.8) is 0 Å². The maximum Gasteiger partial charge on any atom is 0.223 e. The summed E-state index contributed by atoms with van der Waals surface area (Å²) in [6.45, 7) is 1.45. The average molecular weight is 340 g/mol. The number of carbonyl (C=O) groups is 1. The van der Waals surface area contributed by atoms with Crippen LogP contribution in [0.3, 0.4) is 0 Å². The van der Waals surface area contributed by atoms with E-state index in [1.807, 2.05) is 49.5 Å². The van der Waals surface area contributed by atoms with Crippen LogP contribution in [-0.2, 0) is 11.3 Å². The summed E-state index contributed by atoms with van der Waals surface area (Å²) < 4.78 is 2.23. The summed E-state index contributed by atoms with van der Waals surface area (Å²) in [6.07, 6.45) is 0.528. The minimum Gasteiger partial charge on any atom is -0.345 e. The topological polar surface area (TPSA) is 38.1 Å². The summed E-state index contributed by atoms with van der Waals surface area (Å²) in [5.41, 5.74) is 3.24. The van der Waals surface area contributed by atoms with E-state index in [4.69, 9.17) is 16.6 Å². The number of fused-ring (bicyclic) bond motifs is 1. The van der Waals surface area contributed by atoms with Crippen LogP contribution >= 0.6 is 11.6 Å². The van der Waals surface area contributed by atoms with Crippen molar-refractivity contribution in [3.05, 3.63) is 64.9 Å². The van der Waals surface area contributed by atoms with Gasteiger partial charge in [0, 0.05) is 37.5 Å². The summed E-state index contributed by atoms with van der Waals surface area (Å²) >= 11 is 5.99. The van der Waals surface area contributed by atoms with Gasteiger partial charge in [0.15, 0.2) is 0 Å². The minimum atomic E-state index is 0.141. The Morgan fingerprint density at radius 2 is 1.92 bits per heavy atom. The quantitative estimate of drug-likeness (QED) is 0.730. The summed E-state index contributed by atoms with van der Waals surface area (Å²) in [5, 5.41) is 0.734. The Bertz CT molecular complexity index is 901. The van der Waals surface area contributed by atoms with Crippen LogP contribution in [0, 0.1) is 0 Å². The van der Waals surface area contributed by atoms with E-state index in [-0.39, 0.29) is 11.8 Å². The van der Waals surface area contributed by atoms with Crippen molar-refractivity contribution in [2.75, 3.05) is 13.6 Å². The molecule has 0 spiro atoms. The van der Waals surface area contributed by atoms with E-state index in [0.717, 1.165) is 35.0 Å². The van der Waals surface area contributed by atoms with Crippen molar-refractivity contribution in [1.82, 2.24) is 14.5 Å². The molecule has 0 bridgehead atoms. The first kappa shape index (κ1) is 15.2. The molecule has 1 aliphatic heterocycles. The maximum absolute atomic E-state index is 12.0. The van der Waals surface area contributed by atoms with Crippen molar-refractivity contribution < 1.29 is 4.79 Å². The number of imidazole rings is 1. The molecule has 0 aliphatic carbocycles. The van der Waals surface area contributed by atoms with Crippen molar-refractivity contribution >= 4 is 28.5 Å². The van der Waals surface area contributed by atoms with Gasteiger partial charge in [0.1, 0.15) is 5.82 Å². The highest BCUT2D eigenvalue weighted by atomic mass is 35.5. The molecular weight excluding hydrogens is 322 g/mol. The van der Waals surface area contributed by atoms with Crippen LogP contribution in [0.2, 0.25) is 5.02 Å². The molecule has 1 atom stereocenters. The second kappa shape index (κ2) is 5.95. The molecule has 2 aromatic carbocycles. The van der Waals surface area contributed by atoms with E-state index >= 15 is 0 Å². The molecule has 24 heavy (non-hydrogen) atoms. The highest BCUT2D eigenvalue weighted by Gasteiger charge is 2.31. The summed E-state index contributed by atoms with van der Waals surface area (Å²) in [4.78, 5) is 18.6. The fourth-order valence-electron chi connectivity index (χ4n) is 3.38. The number of amides is 1. The number of likely N-dealkylation sites (N-methyl/N-ethyl adjacent to an activating group) is 1. The van der Waals surface area contributed by atoms with Crippen LogP contribution in [0.4, 0.5) is 0 Å². The second-order valence-electron chi connectivity index (χ2n) is 6.35. The number of likely N-dealkylation sites (tertiary alicyclic amines) is 1. The molecule has 0 radical (unpaired) electrons. The van der Waals surface area contributed by atoms with Crippen LogP contribution < -0.4 is 0 Å². The molecule has 3 aromatic rings. The van der Waals surface area contributed by atoms with E-state index in [9.17, 15) is 4.79 Å². The normalized spacial score (nSPS) is 17.8. The first-order valence-corrected chi connectivity index (χ1v) is 8.43. The van der Waals surface area contributed by atoms with Crippen molar-refractivity contribution in [1.29, 1.82) is 0 Å². The van der Waals surface area contributed by atoms with Crippen LogP contribution in [-0.4, -0.2) is 34.0 Å². The zero-order chi connectivity index (χ0) is 16.7. The number of rotatable bonds is 3. The lowest BCUT2D eigenvalue weighted by atomic mass is 10.1. The lowest BCUT2D eigenvalue weighted by Gasteiger charge is -2.14. The Morgan fingerprint density at radius 1 is 1.17 bits per heavy atom. The molecule has 1 amide bonds. The molecule has 4 nitrogen and oxygen atoms in total. The van der Waals surface area contributed by atoms with Gasteiger partial charge in [0.25, 0.3) is 0 Å². The first-order valence-electron chi connectivity index (χ1n) is 8.05. The predicted octanol–water partition coefficient (Wildman–Crippen LogP) is 3.68. The summed E-state index contributed by atoms with van der Waals surface area (Å²) in [7, 11) is 1.86. The number of hydrogen-bond donors (Lipinski definition) is 0. The molecule has 1 aliphatic rings. The Kier molecular flexibility index (Phi) is 3.77. The lowest BCUT2D eigenvalue weighted by molar-refractivity contribution is -0.126. The summed E-state index contributed by atoms with van der Waals surface area (Å²) in [6, 6.07) is 16.0. The molecule has 1 aromatic heterocycles. The van der Waals surface area contributed by atoms with E-state index < -0.39 is 0 Å². The fraction of sp³-hybridized carbons (Fsp3) is 0.263. The van der Waals surface area contributed by atoms with Crippen molar-refractivity contribution in [2.24, 2.45) is 0 Å². The van der Waals surface area contributed by atoms with E-state index in [2.05, 4.69) is 10.6 Å². The van der Waals surface area contributed by atoms with Gasteiger partial charge in [-0.2, -0.15) is 0 Å². The van der Waals surface area contributed by atoms with Crippen molar-refractivity contribution in [2.45, 2.75) is 18.9 Å². The highest BCUT2D eigenvalue weighted by molar-refractivity contribution is 6.30. The molecule has 5 heteroatoms. The number of hydrogen-bond acceptors (Lipinski definition) is 2. The van der Waals surface area contributed by atoms with Gasteiger partial charge in [-0.3, -0.25) is 4.79 Å². The van der Waals surface area contributed by atoms with Gasteiger partial charge in [0.05, 0.1) is 11.0 Å². The molecule has 1 fully saturated rings. The van der Waals surface area contributed by atoms with Crippen LogP contribution in [0.25, 0.3) is 11.0 Å². The Morgan fingerprint density at radius 3 is 2.62 bits per heavy atom. The molecule has 1 saturated heterocycles. The monoisotopic (exact) mass is 339 g/mol. The third-order valence-electron chi connectivity index (χ3n) is 4.64. The average Bonchev–Trinajstić information content (AvgIpc) is 3.11. The number of halogens is 1. The van der Waals surface area contributed by atoms with E-state index in [1.165, 1.54) is 5.56 Å². The third-order valence-corrected chi connectivity index (χ3v) is 4.90. The number of benzene rings is 2. The van der Waals surface area contributed by atoms with Gasteiger partial charge in [-0.25, -0.2) is 4.98 Å². The Labute approximate surface area is 145 Å². The minimum absolute atomic E-state index is 0.141. The van der Waals surface area contributed by atoms with Crippen LogP contribution in [0.5, 0.6) is 0 Å². The van der Waals surface area contributed by atoms with Gasteiger partial charge < -0.3 is 9.47 Å². The standard InChI is InChI=1S/C19H18ClN3O/c1-22-12-14(10-18(22)24)19-21-16-4-2-3-5-17(16)23(19)11-13-6-8-15(20)9-7-13/h2-9,14H,10-12H2,1H3. The molecule has 0 saturated carbocycles. The number of nitrogens with zero attached hydrogens (tertiary/aromatic N) is 3. The zero-order valence-electron chi connectivity index (χ0n) is 13.4. The fourth-order valence-corrected chi connectivity index (χ4v) is 3.51. The third kappa shape index (κ3) is 2.67. The lowest BCUT2D eigenvalue weighted by Crippen LogP contribution is -2.19. The number of carbonyl (C=O) groups excluding carboxylic acids is 1. The van der Waals surface area contributed by atoms with Crippen LogP contribution in [0.1, 0.15) is 23.7 Å². The van der Waals surface area contributed by atoms with Crippen LogP contribution in [0.15, 0.2) is 48.5 Å². The molecule has 1 unspecified atom stereocenters. The second-order valence-corrected chi connectivity index (χ2v) is 6.78. The van der Waals surface area contributed by atoms with Gasteiger partial charge in [-0.05, 0) is 29.8 Å². The molecule has 0 N–H and O–H groups in total. The smallest absolute Gasteiger partial charge is 0.223 e. The summed E-state index contributed by atoms with van der Waals surface area (Å²) in [5.74, 6) is 1.32. The number of aromatic nitrogens is 2. The SMILES string of the molecule is CN1CC(c2nc3ccccc3n2Cc2ccc(Cl)cc2)CC1=O.